The molecule has 0 saturated carbocycles. The molecule has 236 valence electrons. The van der Waals surface area contributed by atoms with Gasteiger partial charge < -0.3 is 0 Å². The summed E-state index contributed by atoms with van der Waals surface area (Å²) >= 11 is 0. The predicted molar refractivity (Wildman–Crippen MR) is 209 cm³/mol. The first kappa shape index (κ1) is 29.7. The van der Waals surface area contributed by atoms with E-state index in [0.29, 0.717) is 11.8 Å². The summed E-state index contributed by atoms with van der Waals surface area (Å²) in [6, 6.07) is 67.5. The molecule has 9 aromatic rings. The lowest BCUT2D eigenvalue weighted by Gasteiger charge is -2.35. The molecule has 0 aliphatic rings. The van der Waals surface area contributed by atoms with Gasteiger partial charge in [0.1, 0.15) is 6.33 Å². The summed E-state index contributed by atoms with van der Waals surface area (Å²) in [4.78, 5) is 14.8. The van der Waals surface area contributed by atoms with Gasteiger partial charge >= 0.3 is 0 Å². The third-order valence-corrected chi connectivity index (χ3v) is 14.4. The van der Waals surface area contributed by atoms with Crippen LogP contribution in [0.15, 0.2) is 194 Å². The first-order chi connectivity index (χ1) is 24.8. The fourth-order valence-corrected chi connectivity index (χ4v) is 12.3. The summed E-state index contributed by atoms with van der Waals surface area (Å²) in [6.07, 6.45) is 1.65. The monoisotopic (exact) mass is 656 g/mol. The van der Waals surface area contributed by atoms with E-state index in [1.807, 2.05) is 0 Å². The molecule has 0 atom stereocenters. The van der Waals surface area contributed by atoms with Crippen LogP contribution in [-0.4, -0.2) is 27.6 Å². The number of aromatic nitrogens is 4. The van der Waals surface area contributed by atoms with Crippen LogP contribution in [0.1, 0.15) is 0 Å². The van der Waals surface area contributed by atoms with Crippen molar-refractivity contribution in [3.05, 3.63) is 194 Å². The molecule has 0 unspecified atom stereocenters. The Morgan fingerprint density at radius 3 is 1.38 bits per heavy atom. The Balaban J connectivity index is 1.34. The first-order valence-electron chi connectivity index (χ1n) is 16.9. The van der Waals surface area contributed by atoms with Crippen LogP contribution >= 0.6 is 0 Å². The van der Waals surface area contributed by atoms with E-state index in [-0.39, 0.29) is 0 Å². The average Bonchev–Trinajstić information content (AvgIpc) is 3.54. The first-order valence-corrected chi connectivity index (χ1v) is 18.9. The SMILES string of the molecule is c1ccc(-c2cc(-c3ncnc(-n4c5ccccc5c5ccccc54)n3)cc([Si](c3ccccc3)(c3ccccc3)c3ccccc3)c2)cc1. The largest absolute Gasteiger partial charge is 0.278 e. The highest BCUT2D eigenvalue weighted by atomic mass is 28.3. The lowest BCUT2D eigenvalue weighted by atomic mass is 10.0. The number of hydrogen-bond acceptors (Lipinski definition) is 3. The van der Waals surface area contributed by atoms with E-state index >= 15 is 0 Å². The predicted octanol–water partition coefficient (Wildman–Crippen LogP) is 7.68. The van der Waals surface area contributed by atoms with Crippen molar-refractivity contribution >= 4 is 50.6 Å². The van der Waals surface area contributed by atoms with E-state index in [1.54, 1.807) is 6.33 Å². The average molecular weight is 657 g/mol. The van der Waals surface area contributed by atoms with Gasteiger partial charge in [0.2, 0.25) is 5.95 Å². The van der Waals surface area contributed by atoms with Crippen LogP contribution in [0, 0.1) is 0 Å². The Labute approximate surface area is 292 Å². The second kappa shape index (κ2) is 12.5. The molecule has 7 aromatic carbocycles. The number of rotatable bonds is 7. The number of nitrogens with zero attached hydrogens (tertiary/aromatic N) is 4. The summed E-state index contributed by atoms with van der Waals surface area (Å²) in [5.74, 6) is 1.23. The molecule has 0 spiro atoms. The smallest absolute Gasteiger partial charge is 0.238 e. The maximum Gasteiger partial charge on any atom is 0.238 e. The highest BCUT2D eigenvalue weighted by molar-refractivity contribution is 7.20. The van der Waals surface area contributed by atoms with Crippen molar-refractivity contribution in [3.8, 4) is 28.5 Å². The summed E-state index contributed by atoms with van der Waals surface area (Å²) < 4.78 is 2.15. The molecule has 0 aliphatic heterocycles. The van der Waals surface area contributed by atoms with Gasteiger partial charge in [-0.2, -0.15) is 4.98 Å². The molecule has 0 radical (unpaired) electrons. The van der Waals surface area contributed by atoms with Gasteiger partial charge in [-0.3, -0.25) is 4.57 Å². The van der Waals surface area contributed by atoms with Crippen LogP contribution in [0.4, 0.5) is 0 Å². The molecule has 0 saturated heterocycles. The van der Waals surface area contributed by atoms with Crippen LogP contribution in [0.2, 0.25) is 0 Å². The van der Waals surface area contributed by atoms with Gasteiger partial charge in [-0.05, 0) is 50.1 Å². The number of fused-ring (bicyclic) bond motifs is 3. The number of benzene rings is 7. The molecule has 0 aliphatic carbocycles. The molecule has 0 fully saturated rings. The fraction of sp³-hybridized carbons (Fsp3) is 0. The molecular weight excluding hydrogens is 625 g/mol. The maximum atomic E-state index is 5.22. The van der Waals surface area contributed by atoms with Crippen molar-refractivity contribution in [1.29, 1.82) is 0 Å². The van der Waals surface area contributed by atoms with Gasteiger partial charge in [-0.15, -0.1) is 0 Å². The summed E-state index contributed by atoms with van der Waals surface area (Å²) in [7, 11) is -2.84. The van der Waals surface area contributed by atoms with Crippen LogP contribution in [-0.2, 0) is 0 Å². The van der Waals surface area contributed by atoms with Gasteiger partial charge in [0, 0.05) is 16.3 Å². The Hall–Kier alpha value is -6.43. The number of para-hydroxylation sites is 2. The topological polar surface area (TPSA) is 43.6 Å². The van der Waals surface area contributed by atoms with E-state index in [9.17, 15) is 0 Å². The van der Waals surface area contributed by atoms with Crippen molar-refractivity contribution in [2.24, 2.45) is 0 Å². The highest BCUT2D eigenvalue weighted by Gasteiger charge is 2.41. The van der Waals surface area contributed by atoms with Crippen LogP contribution in [0.5, 0.6) is 0 Å². The highest BCUT2D eigenvalue weighted by Crippen LogP contribution is 2.31. The van der Waals surface area contributed by atoms with E-state index in [0.717, 1.165) is 27.7 Å². The van der Waals surface area contributed by atoms with Crippen LogP contribution in [0.3, 0.4) is 0 Å². The molecule has 2 heterocycles. The molecule has 2 aromatic heterocycles. The van der Waals surface area contributed by atoms with Gasteiger partial charge in [-0.1, -0.05) is 170 Å². The maximum absolute atomic E-state index is 5.22. The van der Waals surface area contributed by atoms with Gasteiger partial charge in [0.05, 0.1) is 11.0 Å². The van der Waals surface area contributed by atoms with E-state index < -0.39 is 8.07 Å². The summed E-state index contributed by atoms with van der Waals surface area (Å²) in [5, 5.41) is 7.54. The quantitative estimate of drug-likeness (QED) is 0.131. The second-order valence-corrected chi connectivity index (χ2v) is 16.3. The van der Waals surface area contributed by atoms with Crippen LogP contribution in [0.25, 0.3) is 50.3 Å². The van der Waals surface area contributed by atoms with Crippen LogP contribution < -0.4 is 20.7 Å². The standard InChI is InChI=1S/C45H32N4Si/c1-5-17-33(18-6-1)34-29-35(44-46-32-47-45(48-44)49-42-27-15-13-25-40(42)41-26-14-16-28-43(41)49)31-39(30-34)50(36-19-7-2-8-20-36,37-21-9-3-10-22-37)38-23-11-4-12-24-38/h1-32H. The van der Waals surface area contributed by atoms with Crippen molar-refractivity contribution in [2.75, 3.05) is 0 Å². The van der Waals surface area contributed by atoms with Gasteiger partial charge in [0.15, 0.2) is 13.9 Å². The van der Waals surface area contributed by atoms with Gasteiger partial charge in [0.25, 0.3) is 0 Å². The van der Waals surface area contributed by atoms with Gasteiger partial charge in [-0.25, -0.2) is 9.97 Å². The normalized spacial score (nSPS) is 11.6. The lowest BCUT2D eigenvalue weighted by Crippen LogP contribution is -2.74. The molecule has 0 amide bonds. The van der Waals surface area contributed by atoms with Crippen molar-refractivity contribution in [1.82, 2.24) is 19.5 Å². The molecule has 0 bridgehead atoms. The Morgan fingerprint density at radius 1 is 0.380 bits per heavy atom. The molecule has 0 N–H and O–H groups in total. The lowest BCUT2D eigenvalue weighted by molar-refractivity contribution is 0.947. The molecule has 5 heteroatoms. The summed E-state index contributed by atoms with van der Waals surface area (Å²) in [5.41, 5.74) is 5.34. The Kier molecular flexibility index (Phi) is 7.45. The van der Waals surface area contributed by atoms with Crippen molar-refractivity contribution < 1.29 is 0 Å². The Morgan fingerprint density at radius 2 is 0.840 bits per heavy atom. The minimum absolute atomic E-state index is 0.594. The third-order valence-electron chi connectivity index (χ3n) is 9.69. The zero-order chi connectivity index (χ0) is 33.3. The third kappa shape index (κ3) is 4.95. The molecular formula is C45H32N4Si. The fourth-order valence-electron chi connectivity index (χ4n) is 7.51. The van der Waals surface area contributed by atoms with Crippen molar-refractivity contribution in [2.45, 2.75) is 0 Å². The van der Waals surface area contributed by atoms with Crippen molar-refractivity contribution in [3.63, 3.8) is 0 Å². The summed E-state index contributed by atoms with van der Waals surface area (Å²) in [6.45, 7) is 0. The molecule has 50 heavy (non-hydrogen) atoms. The number of hydrogen-bond donors (Lipinski definition) is 0. The molecule has 9 rings (SSSR count). The molecule has 4 nitrogen and oxygen atoms in total. The van der Waals surface area contributed by atoms with E-state index in [2.05, 4.69) is 193 Å². The minimum atomic E-state index is -2.84. The van der Waals surface area contributed by atoms with E-state index in [1.165, 1.54) is 31.5 Å². The zero-order valence-corrected chi connectivity index (χ0v) is 28.3. The van der Waals surface area contributed by atoms with E-state index in [4.69, 9.17) is 15.0 Å². The minimum Gasteiger partial charge on any atom is -0.278 e. The second-order valence-electron chi connectivity index (χ2n) is 12.5. The Bertz CT molecular complexity index is 2440. The zero-order valence-electron chi connectivity index (χ0n) is 27.3.